The highest BCUT2D eigenvalue weighted by Gasteiger charge is 2.49. The lowest BCUT2D eigenvalue weighted by Gasteiger charge is -2.22. The quantitative estimate of drug-likeness (QED) is 0.319. The molecule has 0 unspecified atom stereocenters. The molecule has 7 N–H and O–H groups in total. The van der Waals surface area contributed by atoms with Gasteiger partial charge in [-0.15, -0.1) is 0 Å². The van der Waals surface area contributed by atoms with Crippen LogP contribution in [0.15, 0.2) is 43.0 Å². The van der Waals surface area contributed by atoms with E-state index in [-0.39, 0.29) is 23.4 Å². The van der Waals surface area contributed by atoms with Gasteiger partial charge in [-0.2, -0.15) is 0 Å². The van der Waals surface area contributed by atoms with Gasteiger partial charge < -0.3 is 31.7 Å². The van der Waals surface area contributed by atoms with E-state index in [1.165, 1.54) is 17.2 Å². The Hall–Kier alpha value is -3.61. The van der Waals surface area contributed by atoms with E-state index in [1.54, 1.807) is 0 Å². The number of nitrogens with two attached hydrogens (primary N) is 2. The fraction of sp³-hybridized carbons (Fsp3) is 0.316. The van der Waals surface area contributed by atoms with Gasteiger partial charge in [0.05, 0.1) is 18.4 Å². The van der Waals surface area contributed by atoms with E-state index in [4.69, 9.17) is 16.2 Å². The number of nitrogens with one attached hydrogen (secondary N) is 1. The maximum Gasteiger partial charge on any atom is 0.335 e. The number of imidazole rings is 1. The van der Waals surface area contributed by atoms with Crippen LogP contribution in [0.3, 0.4) is 0 Å². The summed E-state index contributed by atoms with van der Waals surface area (Å²) in [5, 5.41) is 22.9. The van der Waals surface area contributed by atoms with Crippen molar-refractivity contribution >= 4 is 28.9 Å². The highest BCUT2D eigenvalue weighted by molar-refractivity contribution is 5.84. The van der Waals surface area contributed by atoms with E-state index in [0.29, 0.717) is 0 Å². The first-order chi connectivity index (χ1) is 14.9. The van der Waals surface area contributed by atoms with Crippen LogP contribution in [0.4, 0.5) is 5.82 Å². The molecule has 162 valence electrons. The fourth-order valence-electron chi connectivity index (χ4n) is 3.56. The van der Waals surface area contributed by atoms with Crippen LogP contribution in [0.5, 0.6) is 0 Å². The second kappa shape index (κ2) is 8.26. The second-order valence-electron chi connectivity index (χ2n) is 7.19. The molecule has 3 aromatic rings. The minimum atomic E-state index is -1.51. The van der Waals surface area contributed by atoms with Crippen molar-refractivity contribution in [1.82, 2.24) is 24.8 Å². The maximum atomic E-state index is 12.6. The zero-order valence-corrected chi connectivity index (χ0v) is 16.2. The Morgan fingerprint density at radius 3 is 2.68 bits per heavy atom. The molecule has 12 heteroatoms. The van der Waals surface area contributed by atoms with Crippen molar-refractivity contribution in [2.75, 3.05) is 5.73 Å². The Morgan fingerprint density at radius 1 is 1.23 bits per heavy atom. The number of hydrogen-bond acceptors (Lipinski definition) is 9. The number of aliphatic carboxylic acids is 1. The van der Waals surface area contributed by atoms with Gasteiger partial charge in [0, 0.05) is 0 Å². The molecular formula is C19H21N7O5. The van der Waals surface area contributed by atoms with Crippen molar-refractivity contribution in [2.24, 2.45) is 5.73 Å². The lowest BCUT2D eigenvalue weighted by atomic mass is 10.0. The van der Waals surface area contributed by atoms with Gasteiger partial charge in [0.2, 0.25) is 5.91 Å². The monoisotopic (exact) mass is 427 g/mol. The third kappa shape index (κ3) is 3.91. The summed E-state index contributed by atoms with van der Waals surface area (Å²) in [4.78, 5) is 36.4. The number of carbonyl (C=O) groups excluding carboxylic acids is 1. The van der Waals surface area contributed by atoms with Gasteiger partial charge in [0.25, 0.3) is 0 Å². The van der Waals surface area contributed by atoms with Crippen molar-refractivity contribution in [3.63, 3.8) is 0 Å². The van der Waals surface area contributed by atoms with Crippen LogP contribution in [0.25, 0.3) is 11.2 Å². The molecule has 31 heavy (non-hydrogen) atoms. The van der Waals surface area contributed by atoms with Gasteiger partial charge in [-0.05, 0) is 12.0 Å². The molecule has 1 fully saturated rings. The van der Waals surface area contributed by atoms with E-state index >= 15 is 0 Å². The average molecular weight is 427 g/mol. The number of aliphatic hydroxyl groups excluding tert-OH is 1. The fourth-order valence-corrected chi connectivity index (χ4v) is 3.56. The molecule has 2 aromatic heterocycles. The van der Waals surface area contributed by atoms with E-state index < -0.39 is 42.4 Å². The molecule has 1 aliphatic rings. The van der Waals surface area contributed by atoms with E-state index in [2.05, 4.69) is 20.3 Å². The van der Waals surface area contributed by atoms with Crippen LogP contribution in [0.1, 0.15) is 11.8 Å². The molecule has 0 radical (unpaired) electrons. The van der Waals surface area contributed by atoms with Crippen molar-refractivity contribution in [2.45, 2.75) is 36.9 Å². The summed E-state index contributed by atoms with van der Waals surface area (Å²) in [6, 6.07) is 6.97. The van der Waals surface area contributed by atoms with Gasteiger partial charge in [-0.3, -0.25) is 9.36 Å². The number of amides is 1. The van der Waals surface area contributed by atoms with Crippen LogP contribution in [-0.4, -0.2) is 65.9 Å². The number of fused-ring (bicyclic) bond motifs is 1. The Balaban J connectivity index is 1.54. The number of anilines is 1. The number of carboxylic acid groups (broad SMARTS) is 1. The van der Waals surface area contributed by atoms with Crippen LogP contribution >= 0.6 is 0 Å². The largest absolute Gasteiger partial charge is 0.479 e. The predicted octanol–water partition coefficient (Wildman–Crippen LogP) is -1.19. The number of nitrogen functional groups attached to an aromatic ring is 1. The first-order valence-corrected chi connectivity index (χ1v) is 9.46. The Morgan fingerprint density at radius 2 is 1.97 bits per heavy atom. The molecule has 5 atom stereocenters. The van der Waals surface area contributed by atoms with Gasteiger partial charge in [-0.25, -0.2) is 19.7 Å². The minimum absolute atomic E-state index is 0.128. The number of hydrogen-bond donors (Lipinski definition) is 5. The Labute approximate surface area is 175 Å². The number of benzene rings is 1. The number of carbonyl (C=O) groups is 2. The molecule has 1 amide bonds. The molecule has 1 aliphatic heterocycles. The number of nitrogens with zero attached hydrogens (tertiary/aromatic N) is 4. The number of aromatic nitrogens is 4. The molecule has 4 rings (SSSR count). The summed E-state index contributed by atoms with van der Waals surface area (Å²) in [5.41, 5.74) is 13.1. The highest BCUT2D eigenvalue weighted by atomic mass is 16.6. The van der Waals surface area contributed by atoms with Gasteiger partial charge in [-0.1, -0.05) is 30.3 Å². The number of carboxylic acids is 1. The van der Waals surface area contributed by atoms with Gasteiger partial charge >= 0.3 is 5.97 Å². The Kier molecular flexibility index (Phi) is 5.50. The van der Waals surface area contributed by atoms with Crippen LogP contribution in [0.2, 0.25) is 0 Å². The van der Waals surface area contributed by atoms with Gasteiger partial charge in [0.15, 0.2) is 23.8 Å². The maximum absolute atomic E-state index is 12.6. The van der Waals surface area contributed by atoms with Crippen molar-refractivity contribution in [1.29, 1.82) is 0 Å². The summed E-state index contributed by atoms with van der Waals surface area (Å²) < 4.78 is 6.91. The smallest absolute Gasteiger partial charge is 0.335 e. The Bertz CT molecular complexity index is 1110. The molecule has 0 saturated carbocycles. The van der Waals surface area contributed by atoms with Crippen LogP contribution < -0.4 is 16.8 Å². The lowest BCUT2D eigenvalue weighted by Crippen LogP contribution is -2.54. The lowest BCUT2D eigenvalue weighted by molar-refractivity contribution is -0.152. The molecule has 0 spiro atoms. The molecule has 3 heterocycles. The SMILES string of the molecule is Nc1ncnc2c1ncn2[C@@H]1O[C@H](C(=O)O)[C@@H](NC(=O)[C@H](N)Cc2ccccc2)[C@H]1O. The predicted molar refractivity (Wildman–Crippen MR) is 107 cm³/mol. The summed E-state index contributed by atoms with van der Waals surface area (Å²) >= 11 is 0. The summed E-state index contributed by atoms with van der Waals surface area (Å²) in [7, 11) is 0. The summed E-state index contributed by atoms with van der Waals surface area (Å²) in [6.45, 7) is 0. The normalized spacial score (nSPS) is 24.2. The topological polar surface area (TPSA) is 192 Å². The van der Waals surface area contributed by atoms with E-state index in [1.807, 2.05) is 30.3 Å². The molecule has 1 saturated heterocycles. The zero-order valence-electron chi connectivity index (χ0n) is 16.2. The zero-order chi connectivity index (χ0) is 22.1. The van der Waals surface area contributed by atoms with Crippen LogP contribution in [0, 0.1) is 0 Å². The summed E-state index contributed by atoms with van der Waals surface area (Å²) in [6.07, 6.45) is -1.32. The molecule has 0 aliphatic carbocycles. The summed E-state index contributed by atoms with van der Waals surface area (Å²) in [5.74, 6) is -1.82. The number of rotatable bonds is 6. The first kappa shape index (κ1) is 20.7. The van der Waals surface area contributed by atoms with Crippen molar-refractivity contribution in [3.8, 4) is 0 Å². The average Bonchev–Trinajstić information content (AvgIpc) is 3.31. The van der Waals surface area contributed by atoms with E-state index in [0.717, 1.165) is 5.56 Å². The standard InChI is InChI=1S/C19H21N7O5/c20-10(6-9-4-2-1-3-5-9)17(28)25-11-13(27)18(31-14(11)19(29)30)26-8-24-12-15(21)22-7-23-16(12)26/h1-5,7-8,10-11,13-14,18,27H,6,20H2,(H,25,28)(H,29,30)(H2,21,22,23)/t10-,11+,13-,14+,18-/m1/s1. The molecule has 12 nitrogen and oxygen atoms in total. The number of aliphatic hydroxyl groups is 1. The molecular weight excluding hydrogens is 406 g/mol. The first-order valence-electron chi connectivity index (χ1n) is 9.46. The highest BCUT2D eigenvalue weighted by Crippen LogP contribution is 2.32. The van der Waals surface area contributed by atoms with Gasteiger partial charge in [0.1, 0.15) is 17.9 Å². The minimum Gasteiger partial charge on any atom is -0.479 e. The third-order valence-electron chi connectivity index (χ3n) is 5.12. The van der Waals surface area contributed by atoms with Crippen LogP contribution in [-0.2, 0) is 20.7 Å². The third-order valence-corrected chi connectivity index (χ3v) is 5.12. The molecule has 1 aromatic carbocycles. The van der Waals surface area contributed by atoms with E-state index in [9.17, 15) is 19.8 Å². The van der Waals surface area contributed by atoms with Crippen molar-refractivity contribution in [3.05, 3.63) is 48.5 Å². The number of ether oxygens (including phenoxy) is 1. The van der Waals surface area contributed by atoms with Crippen molar-refractivity contribution < 1.29 is 24.5 Å². The molecule has 0 bridgehead atoms. The second-order valence-corrected chi connectivity index (χ2v) is 7.19.